The van der Waals surface area contributed by atoms with Gasteiger partial charge in [-0.1, -0.05) is 17.7 Å². The number of nitrogens with one attached hydrogen (secondary N) is 1. The lowest BCUT2D eigenvalue weighted by atomic mass is 10.2. The topological polar surface area (TPSA) is 56.8 Å². The van der Waals surface area contributed by atoms with E-state index in [-0.39, 0.29) is 0 Å². The molecule has 112 valence electrons. The van der Waals surface area contributed by atoms with E-state index in [0.29, 0.717) is 6.61 Å². The molecule has 6 heteroatoms. The first-order valence-corrected chi connectivity index (χ1v) is 7.99. The molecule has 1 aromatic rings. The zero-order valence-electron chi connectivity index (χ0n) is 12.3. The van der Waals surface area contributed by atoms with Gasteiger partial charge in [0.25, 0.3) is 0 Å². The van der Waals surface area contributed by atoms with Gasteiger partial charge in [-0.2, -0.15) is 0 Å². The molecule has 1 atom stereocenters. The van der Waals surface area contributed by atoms with Gasteiger partial charge < -0.3 is 19.1 Å². The van der Waals surface area contributed by atoms with Crippen LogP contribution in [0.2, 0.25) is 0 Å². The van der Waals surface area contributed by atoms with Crippen LogP contribution >= 0.6 is 7.60 Å². The highest BCUT2D eigenvalue weighted by Crippen LogP contribution is 2.52. The lowest BCUT2D eigenvalue weighted by molar-refractivity contribution is 0.262. The van der Waals surface area contributed by atoms with Crippen molar-refractivity contribution in [3.05, 3.63) is 42.2 Å². The molecule has 0 bridgehead atoms. The van der Waals surface area contributed by atoms with Gasteiger partial charge in [-0.25, -0.2) is 0 Å². The molecule has 0 saturated carbocycles. The summed E-state index contributed by atoms with van der Waals surface area (Å²) in [6.45, 7) is 4.42. The molecule has 1 aromatic carbocycles. The fourth-order valence-corrected chi connectivity index (χ4v) is 2.77. The van der Waals surface area contributed by atoms with E-state index in [1.54, 1.807) is 6.08 Å². The van der Waals surface area contributed by atoms with Gasteiger partial charge in [0.05, 0.1) is 12.9 Å². The average molecular weight is 299 g/mol. The molecular formula is C14H22NO4P. The van der Waals surface area contributed by atoms with E-state index >= 15 is 0 Å². The molecule has 1 rings (SSSR count). The normalized spacial score (nSPS) is 13.4. The molecule has 0 amide bonds. The van der Waals surface area contributed by atoms with Crippen molar-refractivity contribution in [2.75, 3.05) is 26.1 Å². The molecule has 0 spiro atoms. The summed E-state index contributed by atoms with van der Waals surface area (Å²) in [5.74, 6) is -0.619. The molecule has 0 aliphatic rings. The summed E-state index contributed by atoms with van der Waals surface area (Å²) in [6, 6.07) is 7.76. The number of benzene rings is 1. The Labute approximate surface area is 120 Å². The molecular weight excluding hydrogens is 277 g/mol. The van der Waals surface area contributed by atoms with Crippen LogP contribution in [0.3, 0.4) is 0 Å². The van der Waals surface area contributed by atoms with Crippen LogP contribution in [0.25, 0.3) is 0 Å². The van der Waals surface area contributed by atoms with Crippen molar-refractivity contribution >= 4 is 13.3 Å². The van der Waals surface area contributed by atoms with Gasteiger partial charge in [-0.3, -0.25) is 4.57 Å². The zero-order valence-corrected chi connectivity index (χ0v) is 13.2. The van der Waals surface area contributed by atoms with Gasteiger partial charge in [0.15, 0.2) is 5.78 Å². The first-order chi connectivity index (χ1) is 9.55. The maximum atomic E-state index is 12.5. The van der Waals surface area contributed by atoms with Crippen molar-refractivity contribution in [1.82, 2.24) is 0 Å². The van der Waals surface area contributed by atoms with Crippen LogP contribution in [0, 0.1) is 6.92 Å². The smallest absolute Gasteiger partial charge is 0.356 e. The summed E-state index contributed by atoms with van der Waals surface area (Å²) in [6.07, 6.45) is 3.13. The van der Waals surface area contributed by atoms with E-state index in [1.807, 2.05) is 38.1 Å². The van der Waals surface area contributed by atoms with Gasteiger partial charge in [0.2, 0.25) is 0 Å². The lowest BCUT2D eigenvalue weighted by Gasteiger charge is -2.23. The summed E-state index contributed by atoms with van der Waals surface area (Å²) in [7, 11) is -0.559. The van der Waals surface area contributed by atoms with Crippen molar-refractivity contribution in [3.63, 3.8) is 0 Å². The van der Waals surface area contributed by atoms with Gasteiger partial charge >= 0.3 is 7.60 Å². The number of rotatable bonds is 8. The Bertz CT molecular complexity index is 465. The Balaban J connectivity index is 2.92. The van der Waals surface area contributed by atoms with E-state index in [2.05, 4.69) is 5.32 Å². The largest absolute Gasteiger partial charge is 0.502 e. The SMILES string of the molecule is CCO/C=C/C(Nc1ccc(C)cc1)P(=O)(OC)OC. The second kappa shape index (κ2) is 8.10. The van der Waals surface area contributed by atoms with Crippen molar-refractivity contribution < 1.29 is 18.3 Å². The summed E-state index contributed by atoms with van der Waals surface area (Å²) >= 11 is 0. The summed E-state index contributed by atoms with van der Waals surface area (Å²) in [5.41, 5.74) is 1.98. The quantitative estimate of drug-likeness (QED) is 0.585. The van der Waals surface area contributed by atoms with Crippen LogP contribution in [0.4, 0.5) is 5.69 Å². The Morgan fingerprint density at radius 3 is 2.35 bits per heavy atom. The predicted molar refractivity (Wildman–Crippen MR) is 81.0 cm³/mol. The average Bonchev–Trinajstić information content (AvgIpc) is 2.47. The van der Waals surface area contributed by atoms with Crippen molar-refractivity contribution in [1.29, 1.82) is 0 Å². The van der Waals surface area contributed by atoms with Gasteiger partial charge in [0, 0.05) is 19.9 Å². The van der Waals surface area contributed by atoms with Crippen LogP contribution < -0.4 is 5.32 Å². The van der Waals surface area contributed by atoms with Crippen molar-refractivity contribution in [3.8, 4) is 0 Å². The molecule has 0 saturated heterocycles. The zero-order chi connectivity index (χ0) is 15.0. The van der Waals surface area contributed by atoms with Crippen molar-refractivity contribution in [2.24, 2.45) is 0 Å². The Hall–Kier alpha value is -1.29. The van der Waals surface area contributed by atoms with Crippen molar-refractivity contribution in [2.45, 2.75) is 19.6 Å². The van der Waals surface area contributed by atoms with E-state index in [0.717, 1.165) is 11.3 Å². The van der Waals surface area contributed by atoms with Crippen LogP contribution in [0.1, 0.15) is 12.5 Å². The van der Waals surface area contributed by atoms with E-state index in [9.17, 15) is 4.57 Å². The number of aryl methyl sites for hydroxylation is 1. The van der Waals surface area contributed by atoms with Crippen LogP contribution in [-0.4, -0.2) is 26.6 Å². The van der Waals surface area contributed by atoms with E-state index in [4.69, 9.17) is 13.8 Å². The Morgan fingerprint density at radius 2 is 1.85 bits per heavy atom. The molecule has 0 aromatic heterocycles. The number of anilines is 1. The molecule has 5 nitrogen and oxygen atoms in total. The van der Waals surface area contributed by atoms with Gasteiger partial charge in [0.1, 0.15) is 0 Å². The fourth-order valence-electron chi connectivity index (χ4n) is 1.58. The Kier molecular flexibility index (Phi) is 6.79. The number of hydrogen-bond donors (Lipinski definition) is 1. The molecule has 0 aliphatic heterocycles. The molecule has 0 aliphatic carbocycles. The summed E-state index contributed by atoms with van der Waals surface area (Å²) < 4.78 is 27.7. The monoisotopic (exact) mass is 299 g/mol. The van der Waals surface area contributed by atoms with Gasteiger partial charge in [-0.15, -0.1) is 0 Å². The fraction of sp³-hybridized carbons (Fsp3) is 0.429. The highest BCUT2D eigenvalue weighted by atomic mass is 31.2. The number of ether oxygens (including phenoxy) is 1. The molecule has 0 fully saturated rings. The molecule has 1 unspecified atom stereocenters. The minimum absolute atomic E-state index is 0.540. The molecule has 1 N–H and O–H groups in total. The molecule has 0 heterocycles. The van der Waals surface area contributed by atoms with Crippen LogP contribution in [-0.2, 0) is 18.3 Å². The highest BCUT2D eigenvalue weighted by molar-refractivity contribution is 7.55. The van der Waals surface area contributed by atoms with E-state index < -0.39 is 13.4 Å². The summed E-state index contributed by atoms with van der Waals surface area (Å²) in [5, 5.41) is 3.13. The highest BCUT2D eigenvalue weighted by Gasteiger charge is 2.32. The second-order valence-electron chi connectivity index (χ2n) is 4.14. The first-order valence-electron chi connectivity index (χ1n) is 6.38. The van der Waals surface area contributed by atoms with E-state index in [1.165, 1.54) is 20.5 Å². The maximum Gasteiger partial charge on any atom is 0.356 e. The van der Waals surface area contributed by atoms with Gasteiger partial charge in [-0.05, 0) is 32.1 Å². The first kappa shape index (κ1) is 16.8. The molecule has 0 radical (unpaired) electrons. The van der Waals surface area contributed by atoms with Crippen LogP contribution in [0.15, 0.2) is 36.6 Å². The summed E-state index contributed by atoms with van der Waals surface area (Å²) in [4.78, 5) is 0. The third-order valence-corrected chi connectivity index (χ3v) is 4.74. The maximum absolute atomic E-state index is 12.5. The predicted octanol–water partition coefficient (Wildman–Crippen LogP) is 3.77. The standard InChI is InChI=1S/C14H22NO4P/c1-5-19-11-10-14(20(16,17-3)18-4)15-13-8-6-12(2)7-9-13/h6-11,14-15H,5H2,1-4H3/b11-10+. The minimum Gasteiger partial charge on any atom is -0.502 e. The second-order valence-corrected chi connectivity index (χ2v) is 6.51. The number of hydrogen-bond acceptors (Lipinski definition) is 5. The third kappa shape index (κ3) is 4.67. The minimum atomic E-state index is -3.29. The third-order valence-electron chi connectivity index (χ3n) is 2.74. The Morgan fingerprint density at radius 1 is 1.25 bits per heavy atom. The van der Waals surface area contributed by atoms with Crippen LogP contribution in [0.5, 0.6) is 0 Å². The molecule has 20 heavy (non-hydrogen) atoms. The lowest BCUT2D eigenvalue weighted by Crippen LogP contribution is -2.19.